The monoisotopic (exact) mass is 219 g/mol. The Morgan fingerprint density at radius 2 is 1.81 bits per heavy atom. The Kier molecular flexibility index (Phi) is 3.70. The van der Waals surface area contributed by atoms with Crippen LogP contribution in [0.2, 0.25) is 0 Å². The SMILES string of the molecule is CC1=C[CH]CC=C1N1CCN(C(C)C)CC1. The highest BCUT2D eigenvalue weighted by Crippen LogP contribution is 2.22. The second-order valence-corrected chi connectivity index (χ2v) is 5.03. The van der Waals surface area contributed by atoms with Gasteiger partial charge in [-0.2, -0.15) is 0 Å². The highest BCUT2D eigenvalue weighted by molar-refractivity contribution is 5.34. The molecule has 2 aliphatic rings. The Balaban J connectivity index is 1.94. The first kappa shape index (κ1) is 11.7. The van der Waals surface area contributed by atoms with Gasteiger partial charge in [-0.15, -0.1) is 0 Å². The first-order valence-corrected chi connectivity index (χ1v) is 6.38. The van der Waals surface area contributed by atoms with Crippen molar-refractivity contribution in [1.82, 2.24) is 9.80 Å². The zero-order chi connectivity index (χ0) is 11.5. The van der Waals surface area contributed by atoms with E-state index in [0.717, 1.165) is 6.42 Å². The minimum absolute atomic E-state index is 0.687. The normalized spacial score (nSPS) is 23.4. The van der Waals surface area contributed by atoms with Crippen LogP contribution < -0.4 is 0 Å². The lowest BCUT2D eigenvalue weighted by molar-refractivity contribution is 0.131. The molecular formula is C14H23N2. The third-order valence-electron chi connectivity index (χ3n) is 3.60. The molecule has 0 saturated carbocycles. The fourth-order valence-electron chi connectivity index (χ4n) is 2.53. The molecule has 0 aromatic heterocycles. The van der Waals surface area contributed by atoms with Crippen molar-refractivity contribution in [3.05, 3.63) is 29.8 Å². The van der Waals surface area contributed by atoms with E-state index in [4.69, 9.17) is 0 Å². The summed E-state index contributed by atoms with van der Waals surface area (Å²) in [6.07, 6.45) is 7.95. The van der Waals surface area contributed by atoms with Crippen molar-refractivity contribution in [2.24, 2.45) is 0 Å². The summed E-state index contributed by atoms with van der Waals surface area (Å²) in [7, 11) is 0. The van der Waals surface area contributed by atoms with Gasteiger partial charge < -0.3 is 4.90 Å². The van der Waals surface area contributed by atoms with Crippen LogP contribution in [0.15, 0.2) is 23.4 Å². The fraction of sp³-hybridized carbons (Fsp3) is 0.643. The predicted octanol–water partition coefficient (Wildman–Crippen LogP) is 2.45. The summed E-state index contributed by atoms with van der Waals surface area (Å²) < 4.78 is 0. The predicted molar refractivity (Wildman–Crippen MR) is 69.0 cm³/mol. The van der Waals surface area contributed by atoms with Crippen molar-refractivity contribution in [2.45, 2.75) is 33.2 Å². The molecule has 0 atom stereocenters. The number of hydrogen-bond acceptors (Lipinski definition) is 2. The molecule has 1 radical (unpaired) electrons. The maximum absolute atomic E-state index is 2.56. The standard InChI is InChI=1S/C14H23N2/c1-12(2)15-8-10-16(11-9-15)14-7-5-4-6-13(14)3/h4,6-7,12H,5,8-11H2,1-3H3. The summed E-state index contributed by atoms with van der Waals surface area (Å²) in [5.41, 5.74) is 2.88. The topological polar surface area (TPSA) is 6.48 Å². The Morgan fingerprint density at radius 1 is 1.12 bits per heavy atom. The van der Waals surface area contributed by atoms with E-state index >= 15 is 0 Å². The van der Waals surface area contributed by atoms with Crippen molar-refractivity contribution >= 4 is 0 Å². The van der Waals surface area contributed by atoms with Gasteiger partial charge >= 0.3 is 0 Å². The van der Waals surface area contributed by atoms with Crippen molar-refractivity contribution in [1.29, 1.82) is 0 Å². The van der Waals surface area contributed by atoms with Crippen LogP contribution >= 0.6 is 0 Å². The van der Waals surface area contributed by atoms with E-state index in [1.165, 1.54) is 37.4 Å². The molecule has 0 amide bonds. The van der Waals surface area contributed by atoms with Crippen molar-refractivity contribution in [2.75, 3.05) is 26.2 Å². The summed E-state index contributed by atoms with van der Waals surface area (Å²) in [6.45, 7) is 11.5. The summed E-state index contributed by atoms with van der Waals surface area (Å²) in [5, 5.41) is 0. The van der Waals surface area contributed by atoms with Gasteiger partial charge in [-0.1, -0.05) is 12.2 Å². The first-order chi connectivity index (χ1) is 7.68. The Bertz CT molecular complexity index is 294. The van der Waals surface area contributed by atoms with E-state index in [1.54, 1.807) is 0 Å². The third kappa shape index (κ3) is 2.49. The van der Waals surface area contributed by atoms with E-state index in [2.05, 4.69) is 49.1 Å². The number of piperazine rings is 1. The van der Waals surface area contributed by atoms with Crippen molar-refractivity contribution in [3.63, 3.8) is 0 Å². The Labute approximate surface area is 99.6 Å². The number of nitrogens with zero attached hydrogens (tertiary/aromatic N) is 2. The smallest absolute Gasteiger partial charge is 0.0353 e. The summed E-state index contributed by atoms with van der Waals surface area (Å²) in [5.74, 6) is 0. The Morgan fingerprint density at radius 3 is 2.38 bits per heavy atom. The molecule has 0 aromatic carbocycles. The number of allylic oxidation sites excluding steroid dienone is 3. The minimum Gasteiger partial charge on any atom is -0.369 e. The number of rotatable bonds is 2. The van der Waals surface area contributed by atoms with Gasteiger partial charge in [0.15, 0.2) is 0 Å². The summed E-state index contributed by atoms with van der Waals surface area (Å²) in [6, 6.07) is 0.687. The van der Waals surface area contributed by atoms with Crippen LogP contribution in [0.4, 0.5) is 0 Å². The molecule has 16 heavy (non-hydrogen) atoms. The van der Waals surface area contributed by atoms with Crippen LogP contribution in [-0.2, 0) is 0 Å². The van der Waals surface area contributed by atoms with E-state index < -0.39 is 0 Å². The zero-order valence-electron chi connectivity index (χ0n) is 10.7. The second-order valence-electron chi connectivity index (χ2n) is 5.03. The van der Waals surface area contributed by atoms with Gasteiger partial charge in [0.1, 0.15) is 0 Å². The lowest BCUT2D eigenvalue weighted by atomic mass is 10.0. The summed E-state index contributed by atoms with van der Waals surface area (Å²) >= 11 is 0. The molecule has 1 aliphatic heterocycles. The van der Waals surface area contributed by atoms with Gasteiger partial charge in [0.25, 0.3) is 0 Å². The molecule has 1 fully saturated rings. The van der Waals surface area contributed by atoms with Crippen LogP contribution in [0.25, 0.3) is 0 Å². The maximum atomic E-state index is 2.56. The van der Waals surface area contributed by atoms with Gasteiger partial charge in [0, 0.05) is 37.9 Å². The maximum Gasteiger partial charge on any atom is 0.0353 e. The van der Waals surface area contributed by atoms with E-state index in [0.29, 0.717) is 6.04 Å². The average molecular weight is 219 g/mol. The van der Waals surface area contributed by atoms with Crippen molar-refractivity contribution in [3.8, 4) is 0 Å². The van der Waals surface area contributed by atoms with Gasteiger partial charge in [0.05, 0.1) is 0 Å². The molecule has 89 valence electrons. The lowest BCUT2D eigenvalue weighted by Gasteiger charge is -2.40. The van der Waals surface area contributed by atoms with E-state index in [1.807, 2.05) is 0 Å². The van der Waals surface area contributed by atoms with Crippen molar-refractivity contribution < 1.29 is 0 Å². The van der Waals surface area contributed by atoms with Crippen LogP contribution in [-0.4, -0.2) is 42.0 Å². The van der Waals surface area contributed by atoms with Gasteiger partial charge in [-0.25, -0.2) is 0 Å². The molecule has 1 aliphatic carbocycles. The molecular weight excluding hydrogens is 196 g/mol. The highest BCUT2D eigenvalue weighted by Gasteiger charge is 2.21. The second kappa shape index (κ2) is 5.05. The van der Waals surface area contributed by atoms with E-state index in [-0.39, 0.29) is 0 Å². The molecule has 2 rings (SSSR count). The summed E-state index contributed by atoms with van der Waals surface area (Å²) in [4.78, 5) is 5.10. The Hall–Kier alpha value is -0.760. The zero-order valence-corrected chi connectivity index (χ0v) is 10.7. The van der Waals surface area contributed by atoms with Crippen LogP contribution in [0.5, 0.6) is 0 Å². The molecule has 2 nitrogen and oxygen atoms in total. The molecule has 0 N–H and O–H groups in total. The first-order valence-electron chi connectivity index (χ1n) is 6.38. The van der Waals surface area contributed by atoms with Gasteiger partial charge in [0.2, 0.25) is 0 Å². The lowest BCUT2D eigenvalue weighted by Crippen LogP contribution is -2.48. The minimum atomic E-state index is 0.687. The number of hydrogen-bond donors (Lipinski definition) is 0. The molecule has 2 heteroatoms. The molecule has 1 saturated heterocycles. The molecule has 1 heterocycles. The highest BCUT2D eigenvalue weighted by atomic mass is 15.3. The van der Waals surface area contributed by atoms with Crippen LogP contribution in [0.1, 0.15) is 27.2 Å². The third-order valence-corrected chi connectivity index (χ3v) is 3.60. The molecule has 0 bridgehead atoms. The fourth-order valence-corrected chi connectivity index (χ4v) is 2.53. The molecule has 0 aromatic rings. The van der Waals surface area contributed by atoms with E-state index in [9.17, 15) is 0 Å². The van der Waals surface area contributed by atoms with Gasteiger partial charge in [-0.3, -0.25) is 4.90 Å². The average Bonchev–Trinajstić information content (AvgIpc) is 2.30. The molecule has 0 unspecified atom stereocenters. The van der Waals surface area contributed by atoms with Crippen LogP contribution in [0, 0.1) is 6.42 Å². The molecule has 0 spiro atoms. The quantitative estimate of drug-likeness (QED) is 0.704. The van der Waals surface area contributed by atoms with Crippen LogP contribution in [0.3, 0.4) is 0 Å². The van der Waals surface area contributed by atoms with Gasteiger partial charge in [-0.05, 0) is 39.2 Å². The largest absolute Gasteiger partial charge is 0.369 e.